The van der Waals surface area contributed by atoms with E-state index < -0.39 is 0 Å². The molecule has 0 atom stereocenters. The highest BCUT2D eigenvalue weighted by Crippen LogP contribution is 2.28. The van der Waals surface area contributed by atoms with Gasteiger partial charge in [0, 0.05) is 19.0 Å². The summed E-state index contributed by atoms with van der Waals surface area (Å²) in [5, 5.41) is 0. The number of amides is 2. The van der Waals surface area contributed by atoms with Crippen LogP contribution in [0, 0.1) is 6.92 Å². The van der Waals surface area contributed by atoms with E-state index in [4.69, 9.17) is 13.9 Å². The second kappa shape index (κ2) is 13.5. The molecule has 198 valence electrons. The van der Waals surface area contributed by atoms with Crippen molar-refractivity contribution in [2.45, 2.75) is 52.6 Å². The fourth-order valence-electron chi connectivity index (χ4n) is 4.19. The molecule has 0 aliphatic rings. The van der Waals surface area contributed by atoms with Crippen molar-refractivity contribution in [3.05, 3.63) is 83.3 Å². The second-order valence-corrected chi connectivity index (χ2v) is 9.37. The third-order valence-electron chi connectivity index (χ3n) is 6.33. The number of hydrogen-bond acceptors (Lipinski definition) is 5. The first-order chi connectivity index (χ1) is 17.8. The molecule has 37 heavy (non-hydrogen) atoms. The van der Waals surface area contributed by atoms with Crippen LogP contribution in [0.4, 0.5) is 0 Å². The van der Waals surface area contributed by atoms with Crippen LogP contribution in [0.1, 0.15) is 42.9 Å². The predicted octanol–water partition coefficient (Wildman–Crippen LogP) is 5.05. The molecular formula is C30H38N2O5. The molecule has 0 aliphatic carbocycles. The molecule has 1 heterocycles. The molecular weight excluding hydrogens is 468 g/mol. The fourth-order valence-corrected chi connectivity index (χ4v) is 4.19. The molecule has 2 amide bonds. The summed E-state index contributed by atoms with van der Waals surface area (Å²) in [6, 6.07) is 19.4. The summed E-state index contributed by atoms with van der Waals surface area (Å²) in [5.41, 5.74) is 2.13. The molecule has 0 radical (unpaired) electrons. The van der Waals surface area contributed by atoms with E-state index in [0.29, 0.717) is 49.6 Å². The molecule has 7 nitrogen and oxygen atoms in total. The van der Waals surface area contributed by atoms with Gasteiger partial charge in [-0.25, -0.2) is 0 Å². The van der Waals surface area contributed by atoms with Crippen molar-refractivity contribution in [2.24, 2.45) is 0 Å². The molecule has 0 spiro atoms. The molecule has 0 fully saturated rings. The number of aryl methyl sites for hydroxylation is 2. The van der Waals surface area contributed by atoms with Gasteiger partial charge < -0.3 is 23.7 Å². The Morgan fingerprint density at radius 1 is 0.865 bits per heavy atom. The number of methoxy groups -OCH3 is 2. The molecule has 0 saturated carbocycles. The smallest absolute Gasteiger partial charge is 0.242 e. The monoisotopic (exact) mass is 506 g/mol. The SMILES string of the molecule is COc1ccc(CCN(Cc2ccc(C)o2)C(=O)CN(C(=O)CCc2ccccc2)C(C)C)cc1OC. The number of furan rings is 1. The van der Waals surface area contributed by atoms with Crippen LogP contribution in [0.2, 0.25) is 0 Å². The van der Waals surface area contributed by atoms with Crippen LogP contribution >= 0.6 is 0 Å². The molecule has 0 unspecified atom stereocenters. The van der Waals surface area contributed by atoms with Gasteiger partial charge in [0.25, 0.3) is 0 Å². The number of benzene rings is 2. The Labute approximate surface area is 220 Å². The molecule has 3 rings (SSSR count). The molecule has 2 aromatic carbocycles. The lowest BCUT2D eigenvalue weighted by atomic mass is 10.1. The van der Waals surface area contributed by atoms with Gasteiger partial charge in [-0.2, -0.15) is 0 Å². The highest BCUT2D eigenvalue weighted by atomic mass is 16.5. The Morgan fingerprint density at radius 2 is 1.59 bits per heavy atom. The summed E-state index contributed by atoms with van der Waals surface area (Å²) in [7, 11) is 3.21. The van der Waals surface area contributed by atoms with E-state index in [9.17, 15) is 9.59 Å². The quantitative estimate of drug-likeness (QED) is 0.325. The van der Waals surface area contributed by atoms with E-state index in [1.807, 2.05) is 81.4 Å². The molecule has 1 aromatic heterocycles. The van der Waals surface area contributed by atoms with Gasteiger partial charge in [0.2, 0.25) is 11.8 Å². The van der Waals surface area contributed by atoms with Gasteiger partial charge in [-0.3, -0.25) is 9.59 Å². The predicted molar refractivity (Wildman–Crippen MR) is 144 cm³/mol. The minimum atomic E-state index is -0.115. The van der Waals surface area contributed by atoms with Crippen molar-refractivity contribution in [1.29, 1.82) is 0 Å². The standard InChI is InChI=1S/C30H38N2O5/c1-22(2)32(29(33)16-13-24-9-7-6-8-10-24)21-30(34)31(20-26-14-11-23(3)37-26)18-17-25-12-15-27(35-4)28(19-25)36-5/h6-12,14-15,19,22H,13,16-18,20-21H2,1-5H3. The van der Waals surface area contributed by atoms with E-state index in [0.717, 1.165) is 16.9 Å². The van der Waals surface area contributed by atoms with Crippen molar-refractivity contribution in [2.75, 3.05) is 27.3 Å². The Kier molecular flexibility index (Phi) is 10.2. The Balaban J connectivity index is 1.71. The Bertz CT molecular complexity index is 1160. The van der Waals surface area contributed by atoms with E-state index >= 15 is 0 Å². The molecule has 0 N–H and O–H groups in total. The van der Waals surface area contributed by atoms with Gasteiger partial charge in [0.05, 0.1) is 27.3 Å². The third kappa shape index (κ3) is 8.13. The summed E-state index contributed by atoms with van der Waals surface area (Å²) in [6.07, 6.45) is 1.62. The van der Waals surface area contributed by atoms with Crippen molar-refractivity contribution < 1.29 is 23.5 Å². The summed E-state index contributed by atoms with van der Waals surface area (Å²) < 4.78 is 16.5. The maximum absolute atomic E-state index is 13.5. The zero-order chi connectivity index (χ0) is 26.8. The average Bonchev–Trinajstić information content (AvgIpc) is 3.32. The van der Waals surface area contributed by atoms with E-state index in [1.54, 1.807) is 24.0 Å². The molecule has 0 bridgehead atoms. The Hall–Kier alpha value is -3.74. The van der Waals surface area contributed by atoms with E-state index in [-0.39, 0.29) is 24.4 Å². The lowest BCUT2D eigenvalue weighted by molar-refractivity contribution is -0.142. The van der Waals surface area contributed by atoms with Gasteiger partial charge in [-0.1, -0.05) is 36.4 Å². The van der Waals surface area contributed by atoms with Crippen LogP contribution in [0.3, 0.4) is 0 Å². The fraction of sp³-hybridized carbons (Fsp3) is 0.400. The first-order valence-electron chi connectivity index (χ1n) is 12.7. The number of hydrogen-bond donors (Lipinski definition) is 0. The van der Waals surface area contributed by atoms with Crippen molar-refractivity contribution in [1.82, 2.24) is 9.80 Å². The largest absolute Gasteiger partial charge is 0.493 e. The van der Waals surface area contributed by atoms with Gasteiger partial charge in [-0.15, -0.1) is 0 Å². The second-order valence-electron chi connectivity index (χ2n) is 9.37. The number of carbonyl (C=O) groups excluding carboxylic acids is 2. The van der Waals surface area contributed by atoms with Gasteiger partial charge >= 0.3 is 0 Å². The maximum Gasteiger partial charge on any atom is 0.242 e. The zero-order valence-corrected chi connectivity index (χ0v) is 22.5. The van der Waals surface area contributed by atoms with Crippen LogP contribution in [0.15, 0.2) is 65.1 Å². The van der Waals surface area contributed by atoms with Crippen LogP contribution in [-0.2, 0) is 29.0 Å². The first kappa shape index (κ1) is 27.8. The average molecular weight is 507 g/mol. The summed E-state index contributed by atoms with van der Waals surface area (Å²) in [6.45, 7) is 6.60. The van der Waals surface area contributed by atoms with Crippen molar-refractivity contribution in [3.63, 3.8) is 0 Å². The zero-order valence-electron chi connectivity index (χ0n) is 22.5. The van der Waals surface area contributed by atoms with E-state index in [1.165, 1.54) is 0 Å². The van der Waals surface area contributed by atoms with Crippen LogP contribution in [-0.4, -0.2) is 55.0 Å². The van der Waals surface area contributed by atoms with Crippen LogP contribution in [0.5, 0.6) is 11.5 Å². The molecule has 7 heteroatoms. The van der Waals surface area contributed by atoms with Crippen LogP contribution in [0.25, 0.3) is 0 Å². The number of ether oxygens (including phenoxy) is 2. The Morgan fingerprint density at radius 3 is 2.22 bits per heavy atom. The number of carbonyl (C=O) groups is 2. The molecule has 0 aliphatic heterocycles. The number of rotatable bonds is 13. The molecule has 0 saturated heterocycles. The lowest BCUT2D eigenvalue weighted by Gasteiger charge is -2.30. The third-order valence-corrected chi connectivity index (χ3v) is 6.33. The number of nitrogens with zero attached hydrogens (tertiary/aromatic N) is 2. The highest BCUT2D eigenvalue weighted by Gasteiger charge is 2.24. The van der Waals surface area contributed by atoms with Crippen molar-refractivity contribution >= 4 is 11.8 Å². The topological polar surface area (TPSA) is 72.2 Å². The van der Waals surface area contributed by atoms with E-state index in [2.05, 4.69) is 0 Å². The minimum absolute atomic E-state index is 0.0247. The van der Waals surface area contributed by atoms with Gasteiger partial charge in [0.15, 0.2) is 11.5 Å². The first-order valence-corrected chi connectivity index (χ1v) is 12.7. The minimum Gasteiger partial charge on any atom is -0.493 e. The molecule has 3 aromatic rings. The highest BCUT2D eigenvalue weighted by molar-refractivity contribution is 5.85. The summed E-state index contributed by atoms with van der Waals surface area (Å²) in [5.74, 6) is 2.67. The summed E-state index contributed by atoms with van der Waals surface area (Å²) in [4.78, 5) is 30.1. The van der Waals surface area contributed by atoms with Gasteiger partial charge in [0.1, 0.15) is 11.5 Å². The van der Waals surface area contributed by atoms with Crippen molar-refractivity contribution in [3.8, 4) is 11.5 Å². The van der Waals surface area contributed by atoms with Gasteiger partial charge in [-0.05, 0) is 69.0 Å². The normalized spacial score (nSPS) is 10.9. The maximum atomic E-state index is 13.5. The van der Waals surface area contributed by atoms with Crippen LogP contribution < -0.4 is 9.47 Å². The summed E-state index contributed by atoms with van der Waals surface area (Å²) >= 11 is 0. The lowest BCUT2D eigenvalue weighted by Crippen LogP contribution is -2.46.